The number of nitrogens with zero attached hydrogens (tertiary/aromatic N) is 4. The second kappa shape index (κ2) is 7.37. The van der Waals surface area contributed by atoms with E-state index in [2.05, 4.69) is 64.7 Å². The summed E-state index contributed by atoms with van der Waals surface area (Å²) in [6.07, 6.45) is 2.87. The summed E-state index contributed by atoms with van der Waals surface area (Å²) in [5.74, 6) is 1.19. The number of nitrogens with one attached hydrogen (secondary N) is 1. The lowest BCUT2D eigenvalue weighted by Gasteiger charge is -2.18. The molecule has 7 heteroatoms. The maximum absolute atomic E-state index is 5.60. The minimum atomic E-state index is 0. The van der Waals surface area contributed by atoms with Crippen molar-refractivity contribution in [3.8, 4) is 22.8 Å². The normalized spacial score (nSPS) is 13.5. The van der Waals surface area contributed by atoms with Crippen LogP contribution in [0.2, 0.25) is 0 Å². The van der Waals surface area contributed by atoms with E-state index in [1.807, 2.05) is 16.9 Å². The van der Waals surface area contributed by atoms with Crippen molar-refractivity contribution < 1.29 is 4.52 Å². The van der Waals surface area contributed by atoms with E-state index in [0.717, 1.165) is 41.5 Å². The van der Waals surface area contributed by atoms with Gasteiger partial charge in [-0.2, -0.15) is 10.1 Å². The number of hydrogen-bond acceptors (Lipinski definition) is 5. The van der Waals surface area contributed by atoms with E-state index in [0.29, 0.717) is 17.8 Å². The Morgan fingerprint density at radius 1 is 1.18 bits per heavy atom. The number of fused-ring (bicyclic) bond motifs is 2. The number of hydrogen-bond donors (Lipinski definition) is 1. The smallest absolute Gasteiger partial charge is 0.258 e. The Hall–Kier alpha value is -2.70. The van der Waals surface area contributed by atoms with E-state index in [1.54, 1.807) is 0 Å². The fourth-order valence-electron chi connectivity index (χ4n) is 3.79. The molecule has 0 atom stereocenters. The van der Waals surface area contributed by atoms with Crippen molar-refractivity contribution >= 4 is 23.3 Å². The zero-order valence-electron chi connectivity index (χ0n) is 15.8. The molecule has 0 unspecified atom stereocenters. The number of rotatable bonds is 3. The Kier molecular flexibility index (Phi) is 4.91. The van der Waals surface area contributed by atoms with E-state index in [-0.39, 0.29) is 12.4 Å². The molecular formula is C21H22ClN5O. The average Bonchev–Trinajstić information content (AvgIpc) is 3.34. The highest BCUT2D eigenvalue weighted by Crippen LogP contribution is 2.30. The first-order valence-corrected chi connectivity index (χ1v) is 9.34. The highest BCUT2D eigenvalue weighted by molar-refractivity contribution is 5.85. The quantitative estimate of drug-likeness (QED) is 0.556. The molecule has 144 valence electrons. The zero-order valence-corrected chi connectivity index (χ0v) is 16.7. The number of aromatic nitrogens is 4. The predicted octanol–water partition coefficient (Wildman–Crippen LogP) is 4.40. The molecule has 0 spiro atoms. The fraction of sp³-hybridized carbons (Fsp3) is 0.286. The molecule has 2 aromatic heterocycles. The van der Waals surface area contributed by atoms with Crippen LogP contribution in [0.1, 0.15) is 31.0 Å². The fourth-order valence-corrected chi connectivity index (χ4v) is 3.79. The average molecular weight is 396 g/mol. The molecule has 0 radical (unpaired) electrons. The van der Waals surface area contributed by atoms with Crippen LogP contribution in [-0.4, -0.2) is 26.5 Å². The van der Waals surface area contributed by atoms with Crippen LogP contribution in [-0.2, 0) is 13.0 Å². The predicted molar refractivity (Wildman–Crippen MR) is 112 cm³/mol. The summed E-state index contributed by atoms with van der Waals surface area (Å²) in [5, 5.41) is 13.2. The summed E-state index contributed by atoms with van der Waals surface area (Å²) in [4.78, 5) is 4.68. The molecule has 3 heterocycles. The van der Waals surface area contributed by atoms with Gasteiger partial charge in [0.15, 0.2) is 0 Å². The van der Waals surface area contributed by atoms with Crippen LogP contribution in [0.25, 0.3) is 33.7 Å². The highest BCUT2D eigenvalue weighted by atomic mass is 35.5. The first-order valence-electron chi connectivity index (χ1n) is 9.34. The third-order valence-corrected chi connectivity index (χ3v) is 5.14. The van der Waals surface area contributed by atoms with E-state index in [9.17, 15) is 0 Å². The highest BCUT2D eigenvalue weighted by Gasteiger charge is 2.18. The summed E-state index contributed by atoms with van der Waals surface area (Å²) in [7, 11) is 0. The molecule has 0 aliphatic carbocycles. The van der Waals surface area contributed by atoms with E-state index >= 15 is 0 Å². The minimum Gasteiger partial charge on any atom is -0.334 e. The Labute approximate surface area is 169 Å². The van der Waals surface area contributed by atoms with Gasteiger partial charge in [0, 0.05) is 29.1 Å². The van der Waals surface area contributed by atoms with Gasteiger partial charge in [-0.05, 0) is 56.1 Å². The molecule has 0 bridgehead atoms. The van der Waals surface area contributed by atoms with Gasteiger partial charge in [0.05, 0.1) is 11.7 Å². The van der Waals surface area contributed by atoms with E-state index in [4.69, 9.17) is 4.52 Å². The van der Waals surface area contributed by atoms with Crippen LogP contribution >= 0.6 is 12.4 Å². The van der Waals surface area contributed by atoms with Crippen molar-refractivity contribution in [1.82, 2.24) is 25.2 Å². The molecule has 28 heavy (non-hydrogen) atoms. The van der Waals surface area contributed by atoms with Crippen LogP contribution in [0.5, 0.6) is 0 Å². The zero-order chi connectivity index (χ0) is 18.4. The van der Waals surface area contributed by atoms with Gasteiger partial charge >= 0.3 is 0 Å². The summed E-state index contributed by atoms with van der Waals surface area (Å²) >= 11 is 0. The lowest BCUT2D eigenvalue weighted by molar-refractivity contribution is 0.432. The summed E-state index contributed by atoms with van der Waals surface area (Å²) in [6.45, 7) is 6.12. The molecule has 0 saturated heterocycles. The van der Waals surface area contributed by atoms with Crippen LogP contribution < -0.4 is 5.32 Å². The second-order valence-corrected chi connectivity index (χ2v) is 7.25. The van der Waals surface area contributed by atoms with Gasteiger partial charge in [-0.25, -0.2) is 0 Å². The molecule has 1 aliphatic heterocycles. The van der Waals surface area contributed by atoms with Gasteiger partial charge < -0.3 is 9.84 Å². The SMILES string of the molecule is CC(C)n1ncc2cc(-c3nc(-c4cccc5c4CCNC5)no3)ccc21.Cl. The van der Waals surface area contributed by atoms with Gasteiger partial charge in [0.1, 0.15) is 0 Å². The first kappa shape index (κ1) is 18.7. The van der Waals surface area contributed by atoms with Gasteiger partial charge in [0.25, 0.3) is 5.89 Å². The largest absolute Gasteiger partial charge is 0.334 e. The molecule has 0 fully saturated rings. The lowest BCUT2D eigenvalue weighted by atomic mass is 9.95. The topological polar surface area (TPSA) is 68.8 Å². The Morgan fingerprint density at radius 3 is 2.93 bits per heavy atom. The van der Waals surface area contributed by atoms with Gasteiger partial charge in [-0.1, -0.05) is 23.4 Å². The summed E-state index contributed by atoms with van der Waals surface area (Å²) in [5.41, 5.74) is 5.72. The maximum atomic E-state index is 5.60. The third-order valence-electron chi connectivity index (χ3n) is 5.14. The number of halogens is 1. The van der Waals surface area contributed by atoms with Crippen molar-refractivity contribution in [2.45, 2.75) is 32.9 Å². The maximum Gasteiger partial charge on any atom is 0.258 e. The molecule has 0 saturated carbocycles. The molecule has 4 aromatic rings. The lowest BCUT2D eigenvalue weighted by Crippen LogP contribution is -2.24. The molecule has 1 aliphatic rings. The summed E-state index contributed by atoms with van der Waals surface area (Å²) in [6, 6.07) is 12.8. The second-order valence-electron chi connectivity index (χ2n) is 7.25. The van der Waals surface area contributed by atoms with Crippen LogP contribution in [0.15, 0.2) is 47.1 Å². The van der Waals surface area contributed by atoms with Crippen molar-refractivity contribution in [2.24, 2.45) is 0 Å². The minimum absolute atomic E-state index is 0. The van der Waals surface area contributed by atoms with E-state index < -0.39 is 0 Å². The Balaban J connectivity index is 0.00000192. The van der Waals surface area contributed by atoms with Gasteiger partial charge in [-0.3, -0.25) is 4.68 Å². The van der Waals surface area contributed by atoms with Crippen molar-refractivity contribution in [3.05, 3.63) is 53.7 Å². The van der Waals surface area contributed by atoms with Crippen LogP contribution in [0, 0.1) is 0 Å². The van der Waals surface area contributed by atoms with Crippen molar-refractivity contribution in [3.63, 3.8) is 0 Å². The third kappa shape index (κ3) is 3.08. The standard InChI is InChI=1S/C21H21N5O.ClH/c1-13(2)26-19-7-6-14(10-16(19)12-23-26)21-24-20(25-27-21)18-5-3-4-15-11-22-9-8-17(15)18;/h3-7,10,12-13,22H,8-9,11H2,1-2H3;1H. The number of benzene rings is 2. The molecule has 0 amide bonds. The van der Waals surface area contributed by atoms with Crippen molar-refractivity contribution in [1.29, 1.82) is 0 Å². The Morgan fingerprint density at radius 2 is 2.07 bits per heavy atom. The molecular weight excluding hydrogens is 374 g/mol. The van der Waals surface area contributed by atoms with Crippen molar-refractivity contribution in [2.75, 3.05) is 6.54 Å². The molecule has 1 N–H and O–H groups in total. The van der Waals surface area contributed by atoms with Crippen LogP contribution in [0.4, 0.5) is 0 Å². The molecule has 5 rings (SSSR count). The van der Waals surface area contributed by atoms with E-state index in [1.165, 1.54) is 11.1 Å². The first-order chi connectivity index (χ1) is 13.2. The summed E-state index contributed by atoms with van der Waals surface area (Å²) < 4.78 is 7.61. The molecule has 6 nitrogen and oxygen atoms in total. The van der Waals surface area contributed by atoms with Gasteiger partial charge in [-0.15, -0.1) is 12.4 Å². The monoisotopic (exact) mass is 395 g/mol. The Bertz CT molecular complexity index is 1130. The van der Waals surface area contributed by atoms with Crippen LogP contribution in [0.3, 0.4) is 0 Å². The molecule has 2 aromatic carbocycles. The van der Waals surface area contributed by atoms with Gasteiger partial charge in [0.2, 0.25) is 5.82 Å².